The van der Waals surface area contributed by atoms with Crippen molar-refractivity contribution in [3.8, 4) is 0 Å². The minimum absolute atomic E-state index is 0.491. The zero-order chi connectivity index (χ0) is 4.99. The molecule has 1 nitrogen and oxygen atoms in total. The summed E-state index contributed by atoms with van der Waals surface area (Å²) in [5.41, 5.74) is -0.491. The molecule has 0 saturated heterocycles. The monoisotopic (exact) mass is 93.0 g/mol. The zero-order valence-corrected chi connectivity index (χ0v) is 3.17. The van der Waals surface area contributed by atoms with E-state index in [0.29, 0.717) is 0 Å². The Morgan fingerprint density at radius 2 is 1.67 bits per heavy atom. The highest BCUT2D eigenvalue weighted by molar-refractivity contribution is 5.83. The van der Waals surface area contributed by atoms with Gasteiger partial charge in [-0.25, -0.2) is 8.78 Å². The molecule has 0 spiro atoms. The number of nitrogens with one attached hydrogen (secondary N) is 1. The van der Waals surface area contributed by atoms with Gasteiger partial charge in [-0.05, 0) is 0 Å². The third-order valence-corrected chi connectivity index (χ3v) is 0.323. The van der Waals surface area contributed by atoms with Crippen LogP contribution in [-0.4, -0.2) is 19.1 Å². The van der Waals surface area contributed by atoms with Crippen LogP contribution in [0, 0.1) is 5.41 Å². The summed E-state index contributed by atoms with van der Waals surface area (Å²) >= 11 is 0. The van der Waals surface area contributed by atoms with Crippen molar-refractivity contribution in [2.75, 3.05) is 13.3 Å². The molecule has 0 aromatic rings. The lowest BCUT2D eigenvalue weighted by molar-refractivity contribution is 0.531. The number of alkyl halides is 2. The van der Waals surface area contributed by atoms with Gasteiger partial charge in [0.2, 0.25) is 0 Å². The Bertz CT molecular complexity index is 46.8. The summed E-state index contributed by atoms with van der Waals surface area (Å²) in [6.07, 6.45) is 0. The molecule has 6 heavy (non-hydrogen) atoms. The summed E-state index contributed by atoms with van der Waals surface area (Å²) in [6, 6.07) is 0. The molecule has 36 valence electrons. The SMILES string of the molecule is N=C(CF)CF. The molecule has 0 fully saturated rings. The normalized spacial score (nSPS) is 8.33. The fourth-order valence-electron chi connectivity index (χ4n) is 0.0357. The van der Waals surface area contributed by atoms with Crippen LogP contribution in [0.3, 0.4) is 0 Å². The van der Waals surface area contributed by atoms with Gasteiger partial charge in [-0.3, -0.25) is 0 Å². The Morgan fingerprint density at radius 1 is 1.33 bits per heavy atom. The number of hydrogen-bond donors (Lipinski definition) is 1. The quantitative estimate of drug-likeness (QED) is 0.491. The molecule has 0 saturated carbocycles. The second-order valence-corrected chi connectivity index (χ2v) is 0.871. The molecule has 0 aliphatic carbocycles. The fraction of sp³-hybridized carbons (Fsp3) is 0.667. The minimum atomic E-state index is -0.962. The predicted octanol–water partition coefficient (Wildman–Crippen LogP) is 0.945. The molecule has 0 bridgehead atoms. The molecule has 0 heterocycles. The smallest absolute Gasteiger partial charge is 0.129 e. The van der Waals surface area contributed by atoms with Crippen LogP contribution >= 0.6 is 0 Å². The van der Waals surface area contributed by atoms with Crippen molar-refractivity contribution in [3.05, 3.63) is 0 Å². The van der Waals surface area contributed by atoms with Crippen molar-refractivity contribution in [2.24, 2.45) is 0 Å². The third-order valence-electron chi connectivity index (χ3n) is 0.323. The van der Waals surface area contributed by atoms with E-state index in [1.165, 1.54) is 0 Å². The molecule has 1 N–H and O–H groups in total. The van der Waals surface area contributed by atoms with E-state index in [9.17, 15) is 8.78 Å². The topological polar surface area (TPSA) is 23.9 Å². The third kappa shape index (κ3) is 1.81. The molecule has 0 unspecified atom stereocenters. The highest BCUT2D eigenvalue weighted by Gasteiger charge is 1.88. The van der Waals surface area contributed by atoms with Crippen LogP contribution in [0.1, 0.15) is 0 Å². The van der Waals surface area contributed by atoms with Gasteiger partial charge in [0.1, 0.15) is 13.3 Å². The molecular weight excluding hydrogens is 88.0 g/mol. The van der Waals surface area contributed by atoms with Crippen LogP contribution < -0.4 is 0 Å². The van der Waals surface area contributed by atoms with E-state index >= 15 is 0 Å². The number of hydrogen-bond acceptors (Lipinski definition) is 1. The Labute approximate surface area is 34.5 Å². The average molecular weight is 93.1 g/mol. The van der Waals surface area contributed by atoms with E-state index in [0.717, 1.165) is 0 Å². The van der Waals surface area contributed by atoms with Crippen LogP contribution in [0.4, 0.5) is 8.78 Å². The van der Waals surface area contributed by atoms with Crippen molar-refractivity contribution in [3.63, 3.8) is 0 Å². The Morgan fingerprint density at radius 3 is 1.67 bits per heavy atom. The maximum atomic E-state index is 10.9. The molecule has 0 aromatic heterocycles. The van der Waals surface area contributed by atoms with Crippen LogP contribution in [0.15, 0.2) is 0 Å². The molecule has 0 radical (unpaired) electrons. The van der Waals surface area contributed by atoms with Gasteiger partial charge in [0.05, 0.1) is 5.71 Å². The number of halogens is 2. The largest absolute Gasteiger partial charge is 0.304 e. The molecule has 0 atom stereocenters. The molecule has 0 rings (SSSR count). The van der Waals surface area contributed by atoms with Crippen molar-refractivity contribution < 1.29 is 8.78 Å². The molecule has 0 amide bonds. The summed E-state index contributed by atoms with van der Waals surface area (Å²) in [4.78, 5) is 0. The van der Waals surface area contributed by atoms with E-state index in [-0.39, 0.29) is 0 Å². The second-order valence-electron chi connectivity index (χ2n) is 0.871. The Kier molecular flexibility index (Phi) is 2.54. The van der Waals surface area contributed by atoms with Gasteiger partial charge in [-0.1, -0.05) is 0 Å². The summed E-state index contributed by atoms with van der Waals surface area (Å²) < 4.78 is 21.8. The van der Waals surface area contributed by atoms with Gasteiger partial charge in [0, 0.05) is 0 Å². The lowest BCUT2D eigenvalue weighted by Gasteiger charge is -1.81. The second kappa shape index (κ2) is 2.75. The van der Waals surface area contributed by atoms with E-state index in [4.69, 9.17) is 5.41 Å². The van der Waals surface area contributed by atoms with Crippen molar-refractivity contribution in [2.45, 2.75) is 0 Å². The first-order chi connectivity index (χ1) is 2.81. The van der Waals surface area contributed by atoms with Crippen molar-refractivity contribution >= 4 is 5.71 Å². The molecular formula is C3H5F2N. The van der Waals surface area contributed by atoms with Crippen LogP contribution in [0.25, 0.3) is 0 Å². The van der Waals surface area contributed by atoms with E-state index in [1.54, 1.807) is 0 Å². The highest BCUT2D eigenvalue weighted by Crippen LogP contribution is 1.73. The van der Waals surface area contributed by atoms with E-state index in [1.807, 2.05) is 0 Å². The van der Waals surface area contributed by atoms with E-state index < -0.39 is 19.1 Å². The van der Waals surface area contributed by atoms with E-state index in [2.05, 4.69) is 0 Å². The Balaban J connectivity index is 2.99. The first kappa shape index (κ1) is 5.53. The highest BCUT2D eigenvalue weighted by atomic mass is 19.1. The lowest BCUT2D eigenvalue weighted by atomic mass is 10.5. The standard InChI is InChI=1S/C3H5F2N/c4-1-3(6)2-5/h6H,1-2H2. The van der Waals surface area contributed by atoms with Gasteiger partial charge >= 0.3 is 0 Å². The zero-order valence-electron chi connectivity index (χ0n) is 3.17. The van der Waals surface area contributed by atoms with Crippen LogP contribution in [-0.2, 0) is 0 Å². The Hall–Kier alpha value is -0.470. The van der Waals surface area contributed by atoms with Gasteiger partial charge in [-0.15, -0.1) is 0 Å². The molecule has 0 aliphatic heterocycles. The average Bonchev–Trinajstić information content (AvgIpc) is 1.65. The van der Waals surface area contributed by atoms with Gasteiger partial charge < -0.3 is 5.41 Å². The maximum Gasteiger partial charge on any atom is 0.129 e. The first-order valence-electron chi connectivity index (χ1n) is 1.49. The van der Waals surface area contributed by atoms with Crippen LogP contribution in [0.5, 0.6) is 0 Å². The summed E-state index contributed by atoms with van der Waals surface area (Å²) in [7, 11) is 0. The van der Waals surface area contributed by atoms with Gasteiger partial charge in [0.25, 0.3) is 0 Å². The molecule has 0 aliphatic rings. The molecule has 3 heteroatoms. The summed E-state index contributed by atoms with van der Waals surface area (Å²) in [5.74, 6) is 0. The number of rotatable bonds is 2. The van der Waals surface area contributed by atoms with Crippen molar-refractivity contribution in [1.82, 2.24) is 0 Å². The summed E-state index contributed by atoms with van der Waals surface area (Å²) in [6.45, 7) is -1.92. The fourth-order valence-corrected chi connectivity index (χ4v) is 0.0357. The predicted molar refractivity (Wildman–Crippen MR) is 19.7 cm³/mol. The van der Waals surface area contributed by atoms with Crippen LogP contribution in [0.2, 0.25) is 0 Å². The lowest BCUT2D eigenvalue weighted by Crippen LogP contribution is -1.98. The first-order valence-corrected chi connectivity index (χ1v) is 1.49. The summed E-state index contributed by atoms with van der Waals surface area (Å²) in [5, 5.41) is 6.24. The molecule has 0 aromatic carbocycles. The van der Waals surface area contributed by atoms with Gasteiger partial charge in [0.15, 0.2) is 0 Å². The van der Waals surface area contributed by atoms with Crippen molar-refractivity contribution in [1.29, 1.82) is 5.41 Å². The van der Waals surface area contributed by atoms with Gasteiger partial charge in [-0.2, -0.15) is 0 Å². The minimum Gasteiger partial charge on any atom is -0.304 e. The maximum absolute atomic E-state index is 10.9.